The van der Waals surface area contributed by atoms with E-state index in [1.807, 2.05) is 32.0 Å². The normalized spacial score (nSPS) is 19.7. The van der Waals surface area contributed by atoms with Gasteiger partial charge in [0.1, 0.15) is 0 Å². The van der Waals surface area contributed by atoms with Crippen LogP contribution in [0.2, 0.25) is 5.02 Å². The first-order valence-electron chi connectivity index (χ1n) is 14.0. The number of allylic oxidation sites excluding steroid dienone is 1. The molecule has 4 nitrogen and oxygen atoms in total. The molecule has 1 N–H and O–H groups in total. The minimum Gasteiger partial charge on any atom is -0.358 e. The number of rotatable bonds is 10. The fourth-order valence-corrected chi connectivity index (χ4v) is 6.19. The number of nitrogens with one attached hydrogen (secondary N) is 1. The van der Waals surface area contributed by atoms with Gasteiger partial charge < -0.3 is 5.32 Å². The van der Waals surface area contributed by atoms with E-state index in [-0.39, 0.29) is 0 Å². The van der Waals surface area contributed by atoms with E-state index in [1.54, 1.807) is 17.4 Å². The first-order chi connectivity index (χ1) is 18.8. The van der Waals surface area contributed by atoms with Crippen molar-refractivity contribution in [3.63, 3.8) is 0 Å². The van der Waals surface area contributed by atoms with E-state index in [9.17, 15) is 0 Å². The summed E-state index contributed by atoms with van der Waals surface area (Å²) in [5.74, 6) is 2.62. The third-order valence-electron chi connectivity index (χ3n) is 8.43. The largest absolute Gasteiger partial charge is 0.358 e. The SMILES string of the molecule is C=CN(/N=C\C)c1ccc(-c2ccc(-c3nc(C)c(NC(=C)C(CC)[C@H]4CCC(C)C4C)cc3Cl)cc2)cc1. The quantitative estimate of drug-likeness (QED) is 0.205. The number of halogens is 1. The zero-order valence-corrected chi connectivity index (χ0v) is 24.7. The molecule has 5 heteroatoms. The smallest absolute Gasteiger partial charge is 0.0892 e. The molecule has 0 aliphatic heterocycles. The van der Waals surface area contributed by atoms with Crippen LogP contribution in [0.15, 0.2) is 84.8 Å². The van der Waals surface area contributed by atoms with Gasteiger partial charge in [-0.3, -0.25) is 0 Å². The molecule has 204 valence electrons. The van der Waals surface area contributed by atoms with Crippen molar-refractivity contribution < 1.29 is 0 Å². The second kappa shape index (κ2) is 12.7. The Morgan fingerprint density at radius 1 is 1.10 bits per heavy atom. The number of benzene rings is 2. The highest BCUT2D eigenvalue weighted by atomic mass is 35.5. The number of pyridine rings is 1. The second-order valence-corrected chi connectivity index (χ2v) is 11.1. The summed E-state index contributed by atoms with van der Waals surface area (Å²) >= 11 is 6.79. The van der Waals surface area contributed by atoms with Crippen LogP contribution in [0.25, 0.3) is 22.4 Å². The summed E-state index contributed by atoms with van der Waals surface area (Å²) in [6.07, 6.45) is 7.10. The third-order valence-corrected chi connectivity index (χ3v) is 8.72. The fourth-order valence-electron chi connectivity index (χ4n) is 5.92. The maximum absolute atomic E-state index is 6.79. The van der Waals surface area contributed by atoms with Gasteiger partial charge in [-0.15, -0.1) is 0 Å². The molecule has 1 aliphatic rings. The molecule has 0 radical (unpaired) electrons. The molecule has 0 bridgehead atoms. The number of hydrazone groups is 1. The molecule has 1 aromatic heterocycles. The summed E-state index contributed by atoms with van der Waals surface area (Å²) in [5.41, 5.74) is 7.91. The number of nitrogens with zero attached hydrogens (tertiary/aromatic N) is 3. The molecular weight excluding hydrogens is 500 g/mol. The number of aromatic nitrogens is 1. The highest BCUT2D eigenvalue weighted by Crippen LogP contribution is 2.44. The van der Waals surface area contributed by atoms with Gasteiger partial charge in [-0.05, 0) is 73.8 Å². The third kappa shape index (κ3) is 6.28. The Balaban J connectivity index is 1.50. The van der Waals surface area contributed by atoms with Crippen molar-refractivity contribution in [2.45, 2.75) is 53.9 Å². The van der Waals surface area contributed by atoms with Crippen LogP contribution in [0, 0.1) is 30.6 Å². The van der Waals surface area contributed by atoms with E-state index in [0.717, 1.165) is 63.4 Å². The summed E-state index contributed by atoms with van der Waals surface area (Å²) in [6, 6.07) is 18.6. The molecule has 0 spiro atoms. The lowest BCUT2D eigenvalue weighted by Crippen LogP contribution is -2.23. The van der Waals surface area contributed by atoms with Crippen LogP contribution in [0.5, 0.6) is 0 Å². The fraction of sp³-hybridized carbons (Fsp3) is 0.353. The lowest BCUT2D eigenvalue weighted by atomic mass is 9.79. The summed E-state index contributed by atoms with van der Waals surface area (Å²) < 4.78 is 0. The topological polar surface area (TPSA) is 40.5 Å². The average Bonchev–Trinajstić information content (AvgIpc) is 3.27. The van der Waals surface area contributed by atoms with Crippen molar-refractivity contribution in [2.24, 2.45) is 28.8 Å². The van der Waals surface area contributed by atoms with Crippen LogP contribution in [-0.4, -0.2) is 11.2 Å². The van der Waals surface area contributed by atoms with Crippen LogP contribution in [0.4, 0.5) is 11.4 Å². The van der Waals surface area contributed by atoms with E-state index in [0.29, 0.717) is 16.9 Å². The Morgan fingerprint density at radius 2 is 1.72 bits per heavy atom. The summed E-state index contributed by atoms with van der Waals surface area (Å²) in [7, 11) is 0. The monoisotopic (exact) mass is 540 g/mol. The van der Waals surface area contributed by atoms with Gasteiger partial charge >= 0.3 is 0 Å². The summed E-state index contributed by atoms with van der Waals surface area (Å²) in [5, 5.41) is 10.3. The Kier molecular flexibility index (Phi) is 9.29. The zero-order valence-electron chi connectivity index (χ0n) is 23.9. The molecule has 4 rings (SSSR count). The Morgan fingerprint density at radius 3 is 2.26 bits per heavy atom. The van der Waals surface area contributed by atoms with Gasteiger partial charge in [0.05, 0.1) is 27.8 Å². The van der Waals surface area contributed by atoms with E-state index in [1.165, 1.54) is 12.8 Å². The lowest BCUT2D eigenvalue weighted by Gasteiger charge is -2.30. The van der Waals surface area contributed by atoms with Gasteiger partial charge in [-0.1, -0.05) is 88.3 Å². The second-order valence-electron chi connectivity index (χ2n) is 10.7. The number of hydrogen-bond donors (Lipinski definition) is 1. The van der Waals surface area contributed by atoms with Crippen LogP contribution >= 0.6 is 11.6 Å². The predicted molar refractivity (Wildman–Crippen MR) is 169 cm³/mol. The van der Waals surface area contributed by atoms with Gasteiger partial charge in [-0.25, -0.2) is 9.99 Å². The first-order valence-corrected chi connectivity index (χ1v) is 14.4. The van der Waals surface area contributed by atoms with Gasteiger partial charge in [-0.2, -0.15) is 5.10 Å². The van der Waals surface area contributed by atoms with Crippen molar-refractivity contribution in [3.8, 4) is 22.4 Å². The average molecular weight is 541 g/mol. The first kappa shape index (κ1) is 28.6. The van der Waals surface area contributed by atoms with Crippen LogP contribution in [0.1, 0.15) is 52.7 Å². The van der Waals surface area contributed by atoms with E-state index in [4.69, 9.17) is 16.6 Å². The number of aryl methyl sites for hydroxylation is 1. The maximum atomic E-state index is 6.79. The maximum Gasteiger partial charge on any atom is 0.0892 e. The van der Waals surface area contributed by atoms with Gasteiger partial charge in [0.25, 0.3) is 0 Å². The number of hydrogen-bond acceptors (Lipinski definition) is 4. The molecule has 39 heavy (non-hydrogen) atoms. The summed E-state index contributed by atoms with van der Waals surface area (Å²) in [4.78, 5) is 4.90. The lowest BCUT2D eigenvalue weighted by molar-refractivity contribution is 0.275. The predicted octanol–water partition coefficient (Wildman–Crippen LogP) is 9.97. The molecule has 0 amide bonds. The standard InChI is InChI=1S/C34H41ClN4/c1-8-30(31-20-11-22(4)23(31)5)24(6)37-33-21-32(35)34(38-25(33)7)28-14-12-26(13-15-28)27-16-18-29(19-17-27)39(10-3)36-9-2/h9-10,12-19,21-23,30-31,37H,3,6,8,11,20H2,1-2,4-5,7H3/b36-9-/t22?,23?,30?,31-/m0/s1. The molecule has 1 aliphatic carbocycles. The van der Waals surface area contributed by atoms with Gasteiger partial charge in [0, 0.05) is 29.6 Å². The van der Waals surface area contributed by atoms with E-state index < -0.39 is 0 Å². The molecule has 3 unspecified atom stereocenters. The van der Waals surface area contributed by atoms with Crippen molar-refractivity contribution in [3.05, 3.63) is 90.4 Å². The van der Waals surface area contributed by atoms with Crippen LogP contribution in [0.3, 0.4) is 0 Å². The van der Waals surface area contributed by atoms with Crippen molar-refractivity contribution >= 4 is 29.2 Å². The molecule has 1 fully saturated rings. The Labute approximate surface area is 239 Å². The molecule has 1 saturated carbocycles. The van der Waals surface area contributed by atoms with E-state index in [2.05, 4.69) is 80.7 Å². The molecule has 2 aromatic carbocycles. The molecule has 4 atom stereocenters. The molecule has 3 aromatic rings. The molecular formula is C34H41ClN4. The Hall–Kier alpha value is -3.37. The summed E-state index contributed by atoms with van der Waals surface area (Å²) in [6.45, 7) is 19.2. The van der Waals surface area contributed by atoms with Crippen LogP contribution in [-0.2, 0) is 0 Å². The van der Waals surface area contributed by atoms with E-state index >= 15 is 0 Å². The minimum atomic E-state index is 0.448. The highest BCUT2D eigenvalue weighted by molar-refractivity contribution is 6.33. The van der Waals surface area contributed by atoms with Gasteiger partial charge in [0.15, 0.2) is 0 Å². The van der Waals surface area contributed by atoms with Crippen molar-refractivity contribution in [2.75, 3.05) is 10.3 Å². The van der Waals surface area contributed by atoms with Crippen molar-refractivity contribution in [1.29, 1.82) is 0 Å². The highest BCUT2D eigenvalue weighted by Gasteiger charge is 2.35. The van der Waals surface area contributed by atoms with Gasteiger partial charge in [0.2, 0.25) is 0 Å². The van der Waals surface area contributed by atoms with Crippen molar-refractivity contribution in [1.82, 2.24) is 4.98 Å². The van der Waals surface area contributed by atoms with Crippen LogP contribution < -0.4 is 10.3 Å². The molecule has 1 heterocycles. The minimum absolute atomic E-state index is 0.448. The zero-order chi connectivity index (χ0) is 28.1. The molecule has 0 saturated heterocycles. The number of anilines is 2. The Bertz CT molecular complexity index is 1330.